The number of hydrogen-bond donors (Lipinski definition) is 0. The Morgan fingerprint density at radius 1 is 0.207 bits per heavy atom. The molecule has 0 aliphatic carbocycles. The molecule has 0 N–H and O–H groups in total. The molecule has 0 atom stereocenters. The van der Waals surface area contributed by atoms with Crippen LogP contribution < -0.4 is 0 Å². The van der Waals surface area contributed by atoms with Crippen molar-refractivity contribution in [3.8, 4) is 22.7 Å². The van der Waals surface area contributed by atoms with E-state index in [0.29, 0.717) is 0 Å². The van der Waals surface area contributed by atoms with Crippen LogP contribution in [0.5, 0.6) is 0 Å². The van der Waals surface area contributed by atoms with Crippen molar-refractivity contribution in [2.24, 2.45) is 0 Å². The van der Waals surface area contributed by atoms with Gasteiger partial charge in [-0.1, -0.05) is 146 Å². The number of benzene rings is 9. The first kappa shape index (κ1) is 31.4. The van der Waals surface area contributed by atoms with Gasteiger partial charge in [0.15, 0.2) is 0 Å². The first-order valence-electron chi connectivity index (χ1n) is 20.0. The first-order chi connectivity index (χ1) is 28.8. The van der Waals surface area contributed by atoms with Crippen molar-refractivity contribution in [1.82, 2.24) is 18.3 Å². The maximum absolute atomic E-state index is 2.53. The van der Waals surface area contributed by atoms with E-state index in [1.54, 1.807) is 0 Å². The van der Waals surface area contributed by atoms with Gasteiger partial charge in [-0.2, -0.15) is 0 Å². The predicted molar refractivity (Wildman–Crippen MR) is 244 cm³/mol. The van der Waals surface area contributed by atoms with Crippen LogP contribution in [0, 0.1) is 0 Å². The Kier molecular flexibility index (Phi) is 6.41. The molecule has 4 heteroatoms. The van der Waals surface area contributed by atoms with E-state index in [4.69, 9.17) is 0 Å². The Balaban J connectivity index is 1.32. The van der Waals surface area contributed by atoms with Crippen LogP contribution in [0.1, 0.15) is 0 Å². The summed E-state index contributed by atoms with van der Waals surface area (Å²) in [7, 11) is 0. The highest BCUT2D eigenvalue weighted by Gasteiger charge is 2.26. The zero-order valence-corrected chi connectivity index (χ0v) is 31.4. The molecule has 0 spiro atoms. The van der Waals surface area contributed by atoms with Gasteiger partial charge >= 0.3 is 0 Å². The van der Waals surface area contributed by atoms with E-state index in [-0.39, 0.29) is 0 Å². The van der Waals surface area contributed by atoms with E-state index < -0.39 is 0 Å². The number of aromatic nitrogens is 4. The lowest BCUT2D eigenvalue weighted by atomic mass is 10.1. The summed E-state index contributed by atoms with van der Waals surface area (Å²) in [5, 5.41) is 9.84. The van der Waals surface area contributed by atoms with Crippen LogP contribution >= 0.6 is 0 Å². The fourth-order valence-corrected chi connectivity index (χ4v) is 10.0. The van der Waals surface area contributed by atoms with Crippen LogP contribution in [0.25, 0.3) is 110 Å². The van der Waals surface area contributed by atoms with Crippen LogP contribution in [-0.2, 0) is 0 Å². The van der Waals surface area contributed by atoms with Gasteiger partial charge in [0.1, 0.15) is 0 Å². The van der Waals surface area contributed by atoms with E-state index in [1.807, 2.05) is 0 Å². The van der Waals surface area contributed by atoms with E-state index in [0.717, 1.165) is 33.8 Å². The molecule has 0 saturated carbocycles. The summed E-state index contributed by atoms with van der Waals surface area (Å²) in [5.41, 5.74) is 13.7. The average molecular weight is 739 g/mol. The van der Waals surface area contributed by atoms with Gasteiger partial charge in [0.05, 0.1) is 66.9 Å². The first-order valence-corrected chi connectivity index (χ1v) is 20.0. The zero-order chi connectivity index (χ0) is 37.9. The molecule has 0 bridgehead atoms. The van der Waals surface area contributed by atoms with Gasteiger partial charge in [-0.25, -0.2) is 0 Å². The van der Waals surface area contributed by atoms with Crippen molar-refractivity contribution in [2.45, 2.75) is 0 Å². The average Bonchev–Trinajstić information content (AvgIpc) is 4.01. The molecule has 0 saturated heterocycles. The molecule has 4 aromatic heterocycles. The second kappa shape index (κ2) is 11.8. The number of hydrogen-bond acceptors (Lipinski definition) is 0. The lowest BCUT2D eigenvalue weighted by molar-refractivity contribution is 1.04. The number of para-hydroxylation sites is 8. The van der Waals surface area contributed by atoms with E-state index in [1.165, 1.54) is 76.2 Å². The molecule has 0 radical (unpaired) electrons. The van der Waals surface area contributed by atoms with Gasteiger partial charge in [-0.3, -0.25) is 0 Å². The molecule has 13 aromatic rings. The van der Waals surface area contributed by atoms with Gasteiger partial charge < -0.3 is 18.3 Å². The van der Waals surface area contributed by atoms with Crippen LogP contribution in [0.2, 0.25) is 0 Å². The maximum Gasteiger partial charge on any atom is 0.0948 e. The quantitative estimate of drug-likeness (QED) is 0.171. The summed E-state index contributed by atoms with van der Waals surface area (Å²) in [4.78, 5) is 0. The predicted octanol–water partition coefficient (Wildman–Crippen LogP) is 14.1. The van der Waals surface area contributed by atoms with Crippen molar-refractivity contribution in [3.63, 3.8) is 0 Å². The highest BCUT2D eigenvalue weighted by atomic mass is 15.1. The third-order valence-corrected chi connectivity index (χ3v) is 12.3. The highest BCUT2D eigenvalue weighted by Crippen LogP contribution is 2.45. The minimum Gasteiger partial charge on any atom is -0.309 e. The lowest BCUT2D eigenvalue weighted by Crippen LogP contribution is -2.11. The summed E-state index contributed by atoms with van der Waals surface area (Å²) < 4.78 is 10.0. The molecular formula is C54H34N4. The summed E-state index contributed by atoms with van der Waals surface area (Å²) in [6.45, 7) is 0. The van der Waals surface area contributed by atoms with Gasteiger partial charge in [0.2, 0.25) is 0 Å². The number of rotatable bonds is 4. The molecule has 0 aliphatic heterocycles. The molecular weight excluding hydrogens is 705 g/mol. The normalized spacial score (nSPS) is 12.1. The van der Waals surface area contributed by atoms with Crippen LogP contribution in [0.3, 0.4) is 0 Å². The molecule has 0 aliphatic rings. The van der Waals surface area contributed by atoms with Crippen LogP contribution in [0.15, 0.2) is 206 Å². The van der Waals surface area contributed by atoms with Crippen LogP contribution in [0.4, 0.5) is 0 Å². The van der Waals surface area contributed by atoms with Crippen molar-refractivity contribution in [1.29, 1.82) is 0 Å². The highest BCUT2D eigenvalue weighted by molar-refractivity contribution is 6.14. The molecule has 58 heavy (non-hydrogen) atoms. The third kappa shape index (κ3) is 4.18. The second-order valence-corrected chi connectivity index (χ2v) is 15.3. The van der Waals surface area contributed by atoms with E-state index in [2.05, 4.69) is 225 Å². The van der Waals surface area contributed by atoms with Gasteiger partial charge in [0, 0.05) is 43.1 Å². The topological polar surface area (TPSA) is 19.7 Å². The Morgan fingerprint density at radius 3 is 0.672 bits per heavy atom. The van der Waals surface area contributed by atoms with Crippen molar-refractivity contribution < 1.29 is 0 Å². The fourth-order valence-electron chi connectivity index (χ4n) is 10.0. The Morgan fingerprint density at radius 2 is 0.414 bits per heavy atom. The molecule has 0 fully saturated rings. The van der Waals surface area contributed by atoms with E-state index >= 15 is 0 Å². The number of nitrogens with zero attached hydrogens (tertiary/aromatic N) is 4. The van der Waals surface area contributed by atoms with Crippen molar-refractivity contribution in [3.05, 3.63) is 206 Å². The zero-order valence-electron chi connectivity index (χ0n) is 31.4. The van der Waals surface area contributed by atoms with Crippen molar-refractivity contribution >= 4 is 87.2 Å². The standard InChI is InChI=1S/C54H34N4/c1-9-25-44-36(17-1)37-18-2-10-26-45(37)55(44)35-33-52(56-46-27-11-3-19-38(46)39-20-4-12-28-47(39)56)54(58-50-31-15-7-23-42(50)43-24-8-16-32-51(43)58)53(34-35)57-48-29-13-5-21-40(48)41-22-6-14-30-49(41)57/h1-34H. The third-order valence-electron chi connectivity index (χ3n) is 12.3. The lowest BCUT2D eigenvalue weighted by Gasteiger charge is -2.24. The van der Waals surface area contributed by atoms with Gasteiger partial charge in [-0.05, 0) is 60.7 Å². The summed E-state index contributed by atoms with van der Waals surface area (Å²) in [5.74, 6) is 0. The van der Waals surface area contributed by atoms with Gasteiger partial charge in [0.25, 0.3) is 0 Å². The maximum atomic E-state index is 2.53. The smallest absolute Gasteiger partial charge is 0.0948 e. The molecule has 9 aromatic carbocycles. The number of fused-ring (bicyclic) bond motifs is 12. The Hall–Kier alpha value is -7.82. The SMILES string of the molecule is c1ccc2c(c1)c1ccccc1n2-c1cc(-n2c3ccccc3c3ccccc32)c(-n2c3ccccc3c3ccccc32)c(-n2c3ccccc3c3ccccc32)c1. The van der Waals surface area contributed by atoms with Crippen LogP contribution in [-0.4, -0.2) is 18.3 Å². The minimum atomic E-state index is 1.09. The van der Waals surface area contributed by atoms with Crippen molar-refractivity contribution in [2.75, 3.05) is 0 Å². The molecule has 0 unspecified atom stereocenters. The Labute approximate surface area is 333 Å². The monoisotopic (exact) mass is 738 g/mol. The molecule has 4 nitrogen and oxygen atoms in total. The van der Waals surface area contributed by atoms with E-state index in [9.17, 15) is 0 Å². The second-order valence-electron chi connectivity index (χ2n) is 15.3. The Bertz CT molecular complexity index is 3460. The molecule has 13 rings (SSSR count). The van der Waals surface area contributed by atoms with Gasteiger partial charge in [-0.15, -0.1) is 0 Å². The fraction of sp³-hybridized carbons (Fsp3) is 0. The summed E-state index contributed by atoms with van der Waals surface area (Å²) >= 11 is 0. The molecule has 0 amide bonds. The minimum absolute atomic E-state index is 1.09. The summed E-state index contributed by atoms with van der Waals surface area (Å²) in [6, 6.07) is 75.7. The molecule has 4 heterocycles. The largest absolute Gasteiger partial charge is 0.309 e. The molecule has 270 valence electrons. The summed E-state index contributed by atoms with van der Waals surface area (Å²) in [6.07, 6.45) is 0.